The van der Waals surface area contributed by atoms with E-state index < -0.39 is 0 Å². The number of likely N-dealkylation sites (N-methyl/N-ethyl adjacent to an activating group) is 1. The number of nitrogens with zero attached hydrogens (tertiary/aromatic N) is 4. The first kappa shape index (κ1) is 23.5. The van der Waals surface area contributed by atoms with Crippen LogP contribution in [0.25, 0.3) is 0 Å². The number of benzene rings is 2. The second kappa shape index (κ2) is 10.6. The minimum Gasteiger partial charge on any atom is -0.367 e. The Morgan fingerprint density at radius 1 is 1.00 bits per heavy atom. The molecule has 3 aliphatic rings. The molecular formula is C28H40N6. The Balaban J connectivity index is 1.21. The maximum absolute atomic E-state index is 4.87. The highest BCUT2D eigenvalue weighted by Gasteiger charge is 2.41. The lowest BCUT2D eigenvalue weighted by molar-refractivity contribution is 0.132. The van der Waals surface area contributed by atoms with E-state index in [0.717, 1.165) is 19.6 Å². The van der Waals surface area contributed by atoms with Gasteiger partial charge in [0.2, 0.25) is 0 Å². The van der Waals surface area contributed by atoms with Gasteiger partial charge in [0.1, 0.15) is 5.84 Å². The summed E-state index contributed by atoms with van der Waals surface area (Å²) >= 11 is 0. The summed E-state index contributed by atoms with van der Waals surface area (Å²) in [6.45, 7) is 12.2. The first-order valence-corrected chi connectivity index (χ1v) is 13.0. The van der Waals surface area contributed by atoms with Gasteiger partial charge in [-0.3, -0.25) is 20.1 Å². The van der Waals surface area contributed by atoms with Crippen LogP contribution in [-0.2, 0) is 6.54 Å². The van der Waals surface area contributed by atoms with Crippen molar-refractivity contribution in [2.75, 3.05) is 46.4 Å². The Morgan fingerprint density at radius 3 is 2.41 bits per heavy atom. The minimum atomic E-state index is 0.279. The first-order valence-electron chi connectivity index (χ1n) is 13.0. The van der Waals surface area contributed by atoms with Crippen LogP contribution in [0.3, 0.4) is 0 Å². The van der Waals surface area contributed by atoms with E-state index in [0.29, 0.717) is 18.0 Å². The summed E-state index contributed by atoms with van der Waals surface area (Å²) in [5.74, 6) is 1.54. The first-order chi connectivity index (χ1) is 16.6. The van der Waals surface area contributed by atoms with Crippen LogP contribution in [-0.4, -0.2) is 73.1 Å². The van der Waals surface area contributed by atoms with Crippen molar-refractivity contribution in [3.05, 3.63) is 71.3 Å². The third kappa shape index (κ3) is 5.20. The summed E-state index contributed by atoms with van der Waals surface area (Å²) in [4.78, 5) is 12.3. The van der Waals surface area contributed by atoms with Crippen LogP contribution in [0.1, 0.15) is 49.0 Å². The normalized spacial score (nSPS) is 27.1. The summed E-state index contributed by atoms with van der Waals surface area (Å²) in [6.07, 6.45) is 1.35. The van der Waals surface area contributed by atoms with Crippen LogP contribution in [0.5, 0.6) is 0 Å². The molecule has 4 atom stereocenters. The molecule has 2 fully saturated rings. The van der Waals surface area contributed by atoms with Crippen molar-refractivity contribution < 1.29 is 0 Å². The highest BCUT2D eigenvalue weighted by molar-refractivity contribution is 5.88. The molecule has 5 rings (SSSR count). The monoisotopic (exact) mass is 460 g/mol. The number of rotatable bonds is 7. The van der Waals surface area contributed by atoms with Crippen molar-refractivity contribution >= 4 is 5.84 Å². The number of piperazine rings is 1. The Hall–Kier alpha value is -2.25. The average molecular weight is 461 g/mol. The van der Waals surface area contributed by atoms with Gasteiger partial charge in [0.05, 0.1) is 18.9 Å². The van der Waals surface area contributed by atoms with Gasteiger partial charge in [0.25, 0.3) is 0 Å². The van der Waals surface area contributed by atoms with Crippen molar-refractivity contribution in [3.8, 4) is 0 Å². The van der Waals surface area contributed by atoms with Crippen molar-refractivity contribution in [1.82, 2.24) is 25.3 Å². The van der Waals surface area contributed by atoms with Gasteiger partial charge in [-0.1, -0.05) is 61.5 Å². The molecule has 0 bridgehead atoms. The molecule has 182 valence electrons. The van der Waals surface area contributed by atoms with Crippen LogP contribution in [0.2, 0.25) is 0 Å². The van der Waals surface area contributed by atoms with Gasteiger partial charge in [-0.2, -0.15) is 0 Å². The van der Waals surface area contributed by atoms with Gasteiger partial charge in [-0.15, -0.1) is 0 Å². The highest BCUT2D eigenvalue weighted by Crippen LogP contribution is 2.34. The number of hydrogen-bond acceptors (Lipinski definition) is 6. The van der Waals surface area contributed by atoms with Crippen molar-refractivity contribution in [2.45, 2.75) is 45.1 Å². The molecule has 3 unspecified atom stereocenters. The Bertz CT molecular complexity index is 951. The Labute approximate surface area is 205 Å². The summed E-state index contributed by atoms with van der Waals surface area (Å²) in [7, 11) is 2.18. The Kier molecular flexibility index (Phi) is 7.30. The molecule has 3 heterocycles. The minimum absolute atomic E-state index is 0.279. The van der Waals surface area contributed by atoms with Gasteiger partial charge < -0.3 is 10.2 Å². The molecule has 6 heteroatoms. The van der Waals surface area contributed by atoms with Crippen molar-refractivity contribution in [3.63, 3.8) is 0 Å². The number of aliphatic imine (C=N–C) groups is 1. The molecule has 2 N–H and O–H groups in total. The van der Waals surface area contributed by atoms with E-state index >= 15 is 0 Å². The molecule has 2 aromatic carbocycles. The summed E-state index contributed by atoms with van der Waals surface area (Å²) in [6, 6.07) is 20.7. The van der Waals surface area contributed by atoms with Crippen LogP contribution in [0, 0.1) is 5.92 Å². The lowest BCUT2D eigenvalue weighted by Gasteiger charge is -2.37. The van der Waals surface area contributed by atoms with Crippen LogP contribution < -0.4 is 10.6 Å². The number of amidine groups is 1. The standard InChI is InChI=1S/C28H40N6/c1-4-33-14-16-34(17-15-33)19-22-10-12-24(13-11-22)26-18-25-27(31-26)29-20-32(3)28(25)30-21(2)23-8-6-5-7-9-23/h5-13,21,25-26,28,30H,4,14-20H2,1-3H3,(H,29,31)/t21-,25?,26?,28?/m1/s1. The quantitative estimate of drug-likeness (QED) is 0.663. The predicted octanol–water partition coefficient (Wildman–Crippen LogP) is 3.45. The summed E-state index contributed by atoms with van der Waals surface area (Å²) in [5.41, 5.74) is 4.11. The molecule has 2 saturated heterocycles. The van der Waals surface area contributed by atoms with E-state index in [1.807, 2.05) is 0 Å². The molecule has 0 amide bonds. The van der Waals surface area contributed by atoms with E-state index in [1.54, 1.807) is 0 Å². The van der Waals surface area contributed by atoms with Crippen molar-refractivity contribution in [1.29, 1.82) is 0 Å². The fourth-order valence-electron chi connectivity index (χ4n) is 5.67. The summed E-state index contributed by atoms with van der Waals surface area (Å²) in [5, 5.41) is 7.64. The number of nitrogens with one attached hydrogen (secondary N) is 2. The maximum Gasteiger partial charge on any atom is 0.105 e. The van der Waals surface area contributed by atoms with Gasteiger partial charge in [-0.25, -0.2) is 0 Å². The van der Waals surface area contributed by atoms with E-state index in [9.17, 15) is 0 Å². The van der Waals surface area contributed by atoms with E-state index in [1.165, 1.54) is 55.2 Å². The maximum atomic E-state index is 4.87. The highest BCUT2D eigenvalue weighted by atomic mass is 15.3. The predicted molar refractivity (Wildman–Crippen MR) is 140 cm³/mol. The Morgan fingerprint density at radius 2 is 1.71 bits per heavy atom. The number of hydrogen-bond donors (Lipinski definition) is 2. The summed E-state index contributed by atoms with van der Waals surface area (Å²) < 4.78 is 0. The van der Waals surface area contributed by atoms with Crippen LogP contribution in [0.15, 0.2) is 59.6 Å². The van der Waals surface area contributed by atoms with Gasteiger partial charge in [-0.05, 0) is 43.6 Å². The fourth-order valence-corrected chi connectivity index (χ4v) is 5.67. The van der Waals surface area contributed by atoms with Crippen molar-refractivity contribution in [2.24, 2.45) is 10.9 Å². The molecular weight excluding hydrogens is 420 g/mol. The smallest absolute Gasteiger partial charge is 0.105 e. The molecule has 3 aliphatic heterocycles. The van der Waals surface area contributed by atoms with E-state index in [2.05, 4.69) is 101 Å². The van der Waals surface area contributed by atoms with Gasteiger partial charge >= 0.3 is 0 Å². The largest absolute Gasteiger partial charge is 0.367 e. The molecule has 2 aromatic rings. The molecule has 0 aromatic heterocycles. The molecule has 34 heavy (non-hydrogen) atoms. The molecule has 0 radical (unpaired) electrons. The zero-order valence-corrected chi connectivity index (χ0v) is 21.0. The lowest BCUT2D eigenvalue weighted by Crippen LogP contribution is -2.54. The molecule has 0 aliphatic carbocycles. The third-order valence-electron chi connectivity index (χ3n) is 7.90. The van der Waals surface area contributed by atoms with Crippen LogP contribution in [0.4, 0.5) is 0 Å². The molecule has 0 saturated carbocycles. The van der Waals surface area contributed by atoms with Gasteiger partial charge in [0.15, 0.2) is 0 Å². The van der Waals surface area contributed by atoms with Crippen LogP contribution >= 0.6 is 0 Å². The zero-order chi connectivity index (χ0) is 23.5. The van der Waals surface area contributed by atoms with E-state index in [-0.39, 0.29) is 6.17 Å². The van der Waals surface area contributed by atoms with Gasteiger partial charge in [0, 0.05) is 44.7 Å². The average Bonchev–Trinajstić information content (AvgIpc) is 3.32. The SMILES string of the molecule is CCN1CCN(Cc2ccc(C3CC4C(=NCN(C)C4N[C@H](C)c4ccccc4)N3)cc2)CC1. The second-order valence-corrected chi connectivity index (χ2v) is 10.2. The fraction of sp³-hybridized carbons (Fsp3) is 0.536. The second-order valence-electron chi connectivity index (χ2n) is 10.2. The molecule has 6 nitrogen and oxygen atoms in total. The zero-order valence-electron chi connectivity index (χ0n) is 21.0. The molecule has 0 spiro atoms. The number of fused-ring (bicyclic) bond motifs is 1. The lowest BCUT2D eigenvalue weighted by atomic mass is 9.94. The third-order valence-corrected chi connectivity index (χ3v) is 7.90. The van der Waals surface area contributed by atoms with E-state index in [4.69, 9.17) is 4.99 Å². The topological polar surface area (TPSA) is 46.1 Å².